The zero-order valence-electron chi connectivity index (χ0n) is 17.7. The summed E-state index contributed by atoms with van der Waals surface area (Å²) in [6, 6.07) is 6.10. The standard InChI is InChI=1S/C23H22ClFN4O3/c1-13-11-27(12-26-13)17-4-5-18-23(31)28(9-10-29(18)22(17)30)16-6-8-20(16)32-19-7-3-15(25)21(24)14(19)2/h3-5,7,11-12,16,20H,6,8-10H2,1-2H3/t16-,20-/m1/s1. The lowest BCUT2D eigenvalue weighted by molar-refractivity contribution is -0.00574. The van der Waals surface area contributed by atoms with Gasteiger partial charge in [-0.05, 0) is 51.0 Å². The van der Waals surface area contributed by atoms with Crippen molar-refractivity contribution in [3.05, 3.63) is 74.9 Å². The Kier molecular flexibility index (Phi) is 5.04. The first kappa shape index (κ1) is 20.8. The van der Waals surface area contributed by atoms with Gasteiger partial charge in [-0.3, -0.25) is 9.59 Å². The van der Waals surface area contributed by atoms with Crippen molar-refractivity contribution in [3.63, 3.8) is 0 Å². The number of fused-ring (bicyclic) bond motifs is 1. The third-order valence-corrected chi connectivity index (χ3v) is 6.80. The zero-order chi connectivity index (χ0) is 22.6. The van der Waals surface area contributed by atoms with Crippen molar-refractivity contribution in [2.45, 2.75) is 45.4 Å². The second kappa shape index (κ2) is 7.78. The number of benzene rings is 1. The van der Waals surface area contributed by atoms with Gasteiger partial charge < -0.3 is 18.8 Å². The average molecular weight is 457 g/mol. The largest absolute Gasteiger partial charge is 0.488 e. The van der Waals surface area contributed by atoms with Crippen molar-refractivity contribution >= 4 is 17.5 Å². The molecule has 3 heterocycles. The maximum atomic E-state index is 13.6. The summed E-state index contributed by atoms with van der Waals surface area (Å²) in [5.74, 6) is -0.151. The normalized spacial score (nSPS) is 20.1. The van der Waals surface area contributed by atoms with E-state index in [2.05, 4.69) is 4.98 Å². The van der Waals surface area contributed by atoms with Crippen molar-refractivity contribution in [2.24, 2.45) is 0 Å². The summed E-state index contributed by atoms with van der Waals surface area (Å²) in [6.45, 7) is 4.40. The average Bonchev–Trinajstić information content (AvgIpc) is 3.19. The Bertz CT molecular complexity index is 1280. The Balaban J connectivity index is 1.37. The van der Waals surface area contributed by atoms with E-state index in [4.69, 9.17) is 16.3 Å². The van der Waals surface area contributed by atoms with E-state index in [-0.39, 0.29) is 28.6 Å². The number of carbonyl (C=O) groups is 1. The lowest BCUT2D eigenvalue weighted by Gasteiger charge is -2.45. The van der Waals surface area contributed by atoms with Crippen molar-refractivity contribution in [3.8, 4) is 11.4 Å². The van der Waals surface area contributed by atoms with Crippen LogP contribution in [0.4, 0.5) is 4.39 Å². The smallest absolute Gasteiger partial charge is 0.275 e. The van der Waals surface area contributed by atoms with Crippen molar-refractivity contribution < 1.29 is 13.9 Å². The predicted octanol–water partition coefficient (Wildman–Crippen LogP) is 3.51. The monoisotopic (exact) mass is 456 g/mol. The van der Waals surface area contributed by atoms with Crippen LogP contribution in [0.5, 0.6) is 5.75 Å². The van der Waals surface area contributed by atoms with Gasteiger partial charge in [-0.2, -0.15) is 0 Å². The minimum Gasteiger partial charge on any atom is -0.488 e. The number of pyridine rings is 1. The van der Waals surface area contributed by atoms with Gasteiger partial charge in [-0.25, -0.2) is 9.37 Å². The van der Waals surface area contributed by atoms with Gasteiger partial charge in [0.25, 0.3) is 11.5 Å². The molecule has 166 valence electrons. The Morgan fingerprint density at radius 1 is 1.12 bits per heavy atom. The lowest BCUT2D eigenvalue weighted by Crippen LogP contribution is -2.58. The molecule has 2 aromatic heterocycles. The molecule has 1 aliphatic heterocycles. The fourth-order valence-corrected chi connectivity index (χ4v) is 4.52. The first-order valence-corrected chi connectivity index (χ1v) is 10.9. The first-order chi connectivity index (χ1) is 15.3. The zero-order valence-corrected chi connectivity index (χ0v) is 18.5. The first-order valence-electron chi connectivity index (χ1n) is 10.5. The van der Waals surface area contributed by atoms with Crippen molar-refractivity contribution in [1.82, 2.24) is 19.0 Å². The highest BCUT2D eigenvalue weighted by Gasteiger charge is 2.42. The van der Waals surface area contributed by atoms with Crippen LogP contribution in [-0.4, -0.2) is 43.6 Å². The van der Waals surface area contributed by atoms with E-state index >= 15 is 0 Å². The van der Waals surface area contributed by atoms with Crippen LogP contribution in [0, 0.1) is 19.7 Å². The Morgan fingerprint density at radius 3 is 2.62 bits per heavy atom. The number of hydrogen-bond acceptors (Lipinski definition) is 4. The van der Waals surface area contributed by atoms with Gasteiger partial charge in [0.2, 0.25) is 0 Å². The number of carbonyl (C=O) groups excluding carboxylic acids is 1. The third kappa shape index (κ3) is 3.30. The molecule has 2 atom stereocenters. The van der Waals surface area contributed by atoms with E-state index in [0.717, 1.165) is 18.5 Å². The van der Waals surface area contributed by atoms with Gasteiger partial charge in [-0.1, -0.05) is 11.6 Å². The molecule has 32 heavy (non-hydrogen) atoms. The van der Waals surface area contributed by atoms with Crippen LogP contribution in [0.25, 0.3) is 5.69 Å². The second-order valence-corrected chi connectivity index (χ2v) is 8.64. The minimum absolute atomic E-state index is 0.0459. The maximum absolute atomic E-state index is 13.6. The number of rotatable bonds is 4. The molecule has 0 bridgehead atoms. The van der Waals surface area contributed by atoms with Gasteiger partial charge in [0, 0.05) is 24.8 Å². The summed E-state index contributed by atoms with van der Waals surface area (Å²) in [4.78, 5) is 32.2. The molecule has 0 N–H and O–H groups in total. The van der Waals surface area contributed by atoms with Crippen molar-refractivity contribution in [2.75, 3.05) is 6.54 Å². The molecule has 0 saturated heterocycles. The van der Waals surface area contributed by atoms with E-state index in [1.807, 2.05) is 6.92 Å². The van der Waals surface area contributed by atoms with E-state index in [9.17, 15) is 14.0 Å². The molecule has 5 rings (SSSR count). The fraction of sp³-hybridized carbons (Fsp3) is 0.348. The van der Waals surface area contributed by atoms with Crippen LogP contribution < -0.4 is 10.3 Å². The highest BCUT2D eigenvalue weighted by molar-refractivity contribution is 6.31. The van der Waals surface area contributed by atoms with Crippen LogP contribution >= 0.6 is 11.6 Å². The molecule has 0 spiro atoms. The molecule has 1 amide bonds. The Hall–Kier alpha value is -3.13. The number of aryl methyl sites for hydroxylation is 1. The van der Waals surface area contributed by atoms with Gasteiger partial charge >= 0.3 is 0 Å². The van der Waals surface area contributed by atoms with Crippen LogP contribution in [0.15, 0.2) is 41.6 Å². The Morgan fingerprint density at radius 2 is 1.94 bits per heavy atom. The molecule has 0 radical (unpaired) electrons. The molecule has 2 aliphatic rings. The Labute approximate surface area is 189 Å². The highest BCUT2D eigenvalue weighted by Crippen LogP contribution is 2.35. The molecular formula is C23H22ClFN4O3. The van der Waals surface area contributed by atoms with E-state index in [0.29, 0.717) is 35.8 Å². The number of aromatic nitrogens is 3. The number of halogens is 2. The molecule has 7 nitrogen and oxygen atoms in total. The predicted molar refractivity (Wildman–Crippen MR) is 117 cm³/mol. The third-order valence-electron chi connectivity index (χ3n) is 6.33. The van der Waals surface area contributed by atoms with Gasteiger partial charge in [-0.15, -0.1) is 0 Å². The number of hydrogen-bond donors (Lipinski definition) is 0. The van der Waals surface area contributed by atoms with Gasteiger partial charge in [0.1, 0.15) is 29.1 Å². The molecule has 3 aromatic rings. The van der Waals surface area contributed by atoms with E-state index in [1.54, 1.807) is 47.1 Å². The molecule has 0 unspecified atom stereocenters. The summed E-state index contributed by atoms with van der Waals surface area (Å²) in [6.07, 6.45) is 4.76. The molecule has 1 fully saturated rings. The topological polar surface area (TPSA) is 69.4 Å². The SMILES string of the molecule is Cc1cn(-c2ccc3n(c2=O)CCN([C@@H]2CC[C@H]2Oc2ccc(F)c(Cl)c2C)C3=O)cn1. The maximum Gasteiger partial charge on any atom is 0.275 e. The molecule has 1 aliphatic carbocycles. The molecule has 9 heteroatoms. The summed E-state index contributed by atoms with van der Waals surface area (Å²) in [5, 5.41) is 0.0459. The summed E-state index contributed by atoms with van der Waals surface area (Å²) in [5.41, 5.74) is 1.97. The summed E-state index contributed by atoms with van der Waals surface area (Å²) >= 11 is 6.01. The number of nitrogens with zero attached hydrogens (tertiary/aromatic N) is 4. The molecule has 1 aromatic carbocycles. The van der Waals surface area contributed by atoms with E-state index < -0.39 is 5.82 Å². The minimum atomic E-state index is -0.486. The fourth-order valence-electron chi connectivity index (χ4n) is 4.37. The highest BCUT2D eigenvalue weighted by atomic mass is 35.5. The number of amides is 1. The van der Waals surface area contributed by atoms with Crippen LogP contribution in [-0.2, 0) is 6.54 Å². The van der Waals surface area contributed by atoms with Crippen LogP contribution in [0.3, 0.4) is 0 Å². The van der Waals surface area contributed by atoms with Gasteiger partial charge in [0.15, 0.2) is 0 Å². The van der Waals surface area contributed by atoms with Crippen molar-refractivity contribution in [1.29, 1.82) is 0 Å². The lowest BCUT2D eigenvalue weighted by atomic mass is 9.86. The number of imidazole rings is 1. The summed E-state index contributed by atoms with van der Waals surface area (Å²) in [7, 11) is 0. The van der Waals surface area contributed by atoms with Gasteiger partial charge in [0.05, 0.1) is 23.1 Å². The van der Waals surface area contributed by atoms with Crippen LogP contribution in [0.1, 0.15) is 34.6 Å². The molecule has 1 saturated carbocycles. The van der Waals surface area contributed by atoms with E-state index in [1.165, 1.54) is 10.6 Å². The quantitative estimate of drug-likeness (QED) is 0.602. The van der Waals surface area contributed by atoms with Crippen LogP contribution in [0.2, 0.25) is 5.02 Å². The molecular weight excluding hydrogens is 435 g/mol. The number of ether oxygens (including phenoxy) is 1. The second-order valence-electron chi connectivity index (χ2n) is 8.27. The summed E-state index contributed by atoms with van der Waals surface area (Å²) < 4.78 is 23.0.